The molecule has 2 aromatic rings. The largest absolute Gasteiger partial charge is 0.433 e. The number of carbonyl (C=O) groups is 1. The van der Waals surface area contributed by atoms with E-state index in [4.69, 9.17) is 27.8 Å². The predicted octanol–water partition coefficient (Wildman–Crippen LogP) is 2.95. The third kappa shape index (κ3) is 5.03. The van der Waals surface area contributed by atoms with Crippen LogP contribution in [-0.4, -0.2) is 21.9 Å². The van der Waals surface area contributed by atoms with Crippen molar-refractivity contribution in [1.82, 2.24) is 15.3 Å². The minimum absolute atomic E-state index is 0.0697. The molecule has 26 heavy (non-hydrogen) atoms. The predicted molar refractivity (Wildman–Crippen MR) is 97.4 cm³/mol. The smallest absolute Gasteiger partial charge is 0.238 e. The summed E-state index contributed by atoms with van der Waals surface area (Å²) in [5.74, 6) is -0.896. The van der Waals surface area contributed by atoms with Crippen molar-refractivity contribution in [2.45, 2.75) is 38.8 Å². The molecule has 0 saturated heterocycles. The van der Waals surface area contributed by atoms with Gasteiger partial charge in [-0.2, -0.15) is 0 Å². The molecule has 140 valence electrons. The van der Waals surface area contributed by atoms with Crippen molar-refractivity contribution in [3.63, 3.8) is 0 Å². The zero-order chi connectivity index (χ0) is 19.3. The fourth-order valence-electron chi connectivity index (χ4n) is 2.53. The van der Waals surface area contributed by atoms with Gasteiger partial charge in [-0.1, -0.05) is 24.6 Å². The third-order valence-electron chi connectivity index (χ3n) is 3.71. The fourth-order valence-corrected chi connectivity index (χ4v) is 2.71. The number of anilines is 1. The maximum absolute atomic E-state index is 15.0. The minimum atomic E-state index is -0.609. The second kappa shape index (κ2) is 8.77. The Balaban J connectivity index is 2.28. The van der Waals surface area contributed by atoms with Crippen molar-refractivity contribution in [3.8, 4) is 11.6 Å². The van der Waals surface area contributed by atoms with Gasteiger partial charge in [-0.25, -0.2) is 14.4 Å². The highest BCUT2D eigenvalue weighted by atomic mass is 35.5. The highest BCUT2D eigenvalue weighted by Crippen LogP contribution is 2.36. The SMILES string of the molecule is CC[C@@H](N[C@@H](C)CC(N)=O)c1ccc(Cl)c(Oc2cnc(N)cn2)c1F. The normalized spacial score (nSPS) is 13.2. The fraction of sp³-hybridized carbons (Fsp3) is 0.353. The molecule has 7 nitrogen and oxygen atoms in total. The van der Waals surface area contributed by atoms with Gasteiger partial charge in [0.05, 0.1) is 17.4 Å². The minimum Gasteiger partial charge on any atom is -0.433 e. The van der Waals surface area contributed by atoms with Crippen LogP contribution in [0.25, 0.3) is 0 Å². The number of ether oxygens (including phenoxy) is 1. The van der Waals surface area contributed by atoms with E-state index in [0.717, 1.165) is 0 Å². The standard InChI is InChI=1S/C17H21ClFN5O2/c1-3-12(24-9(2)6-14(21)25)10-4-5-11(18)17(16(10)19)26-15-8-22-13(20)7-23-15/h4-5,7-9,12,24H,3,6H2,1-2H3,(H2,20,22)(H2,21,25)/t9-,12+/m0/s1. The van der Waals surface area contributed by atoms with Gasteiger partial charge in [0.1, 0.15) is 5.82 Å². The number of halogens is 2. The van der Waals surface area contributed by atoms with Crippen LogP contribution in [0.1, 0.15) is 38.3 Å². The van der Waals surface area contributed by atoms with Crippen molar-refractivity contribution >= 4 is 23.3 Å². The lowest BCUT2D eigenvalue weighted by Gasteiger charge is -2.23. The first kappa shape index (κ1) is 19.9. The molecule has 1 amide bonds. The zero-order valence-electron chi connectivity index (χ0n) is 14.5. The van der Waals surface area contributed by atoms with E-state index in [0.29, 0.717) is 12.0 Å². The second-order valence-corrected chi connectivity index (χ2v) is 6.27. The van der Waals surface area contributed by atoms with Gasteiger partial charge in [-0.05, 0) is 19.4 Å². The molecule has 1 aromatic heterocycles. The van der Waals surface area contributed by atoms with E-state index in [1.165, 1.54) is 12.4 Å². The molecule has 0 saturated carbocycles. The van der Waals surface area contributed by atoms with E-state index in [9.17, 15) is 4.79 Å². The van der Waals surface area contributed by atoms with Crippen LogP contribution in [0.2, 0.25) is 5.02 Å². The van der Waals surface area contributed by atoms with Gasteiger partial charge in [0.2, 0.25) is 11.8 Å². The van der Waals surface area contributed by atoms with Gasteiger partial charge >= 0.3 is 0 Å². The number of nitrogens with zero attached hydrogens (tertiary/aromatic N) is 2. The number of hydrogen-bond donors (Lipinski definition) is 3. The molecule has 0 spiro atoms. The molecular weight excluding hydrogens is 361 g/mol. The number of amides is 1. The Morgan fingerprint density at radius 1 is 1.38 bits per heavy atom. The van der Waals surface area contributed by atoms with Crippen molar-refractivity contribution in [3.05, 3.63) is 40.9 Å². The quantitative estimate of drug-likeness (QED) is 0.647. The highest BCUT2D eigenvalue weighted by Gasteiger charge is 2.22. The summed E-state index contributed by atoms with van der Waals surface area (Å²) >= 11 is 6.09. The monoisotopic (exact) mass is 381 g/mol. The van der Waals surface area contributed by atoms with E-state index < -0.39 is 11.7 Å². The number of carbonyl (C=O) groups excluding carboxylic acids is 1. The zero-order valence-corrected chi connectivity index (χ0v) is 15.3. The number of primary amides is 1. The maximum Gasteiger partial charge on any atom is 0.238 e. The van der Waals surface area contributed by atoms with Gasteiger partial charge in [0.15, 0.2) is 11.6 Å². The molecule has 0 bridgehead atoms. The Hall–Kier alpha value is -2.45. The van der Waals surface area contributed by atoms with Crippen molar-refractivity contribution < 1.29 is 13.9 Å². The summed E-state index contributed by atoms with van der Waals surface area (Å²) in [5, 5.41) is 3.29. The number of hydrogen-bond acceptors (Lipinski definition) is 6. The molecule has 0 fully saturated rings. The Labute approximate surface area is 155 Å². The number of nitrogens with two attached hydrogens (primary N) is 2. The number of nitrogens with one attached hydrogen (secondary N) is 1. The van der Waals surface area contributed by atoms with Crippen LogP contribution in [0.15, 0.2) is 24.5 Å². The lowest BCUT2D eigenvalue weighted by Crippen LogP contribution is -2.34. The lowest BCUT2D eigenvalue weighted by atomic mass is 10.0. The highest BCUT2D eigenvalue weighted by molar-refractivity contribution is 6.32. The van der Waals surface area contributed by atoms with Crippen molar-refractivity contribution in [1.29, 1.82) is 0 Å². The summed E-state index contributed by atoms with van der Waals surface area (Å²) < 4.78 is 20.5. The summed E-state index contributed by atoms with van der Waals surface area (Å²) in [4.78, 5) is 18.8. The van der Waals surface area contributed by atoms with Crippen LogP contribution in [0.3, 0.4) is 0 Å². The van der Waals surface area contributed by atoms with Crippen LogP contribution in [-0.2, 0) is 4.79 Å². The van der Waals surface area contributed by atoms with E-state index in [-0.39, 0.29) is 41.0 Å². The van der Waals surface area contributed by atoms with Crippen molar-refractivity contribution in [2.75, 3.05) is 5.73 Å². The van der Waals surface area contributed by atoms with Crippen LogP contribution in [0, 0.1) is 5.82 Å². The topological polar surface area (TPSA) is 116 Å². The molecular formula is C17H21ClFN5O2. The van der Waals surface area contributed by atoms with Crippen molar-refractivity contribution in [2.24, 2.45) is 5.73 Å². The molecule has 0 aliphatic carbocycles. The maximum atomic E-state index is 15.0. The second-order valence-electron chi connectivity index (χ2n) is 5.86. The average Bonchev–Trinajstić information content (AvgIpc) is 2.58. The van der Waals surface area contributed by atoms with Crippen LogP contribution in [0.5, 0.6) is 11.6 Å². The van der Waals surface area contributed by atoms with Crippen LogP contribution in [0.4, 0.5) is 10.2 Å². The summed E-state index contributed by atoms with van der Waals surface area (Å²) in [6, 6.07) is 2.57. The third-order valence-corrected chi connectivity index (χ3v) is 4.01. The van der Waals surface area contributed by atoms with Crippen LogP contribution >= 0.6 is 11.6 Å². The van der Waals surface area contributed by atoms with Gasteiger partial charge in [0, 0.05) is 24.1 Å². The first-order valence-corrected chi connectivity index (χ1v) is 8.47. The summed E-state index contributed by atoms with van der Waals surface area (Å²) in [6.45, 7) is 3.71. The summed E-state index contributed by atoms with van der Waals surface area (Å²) in [7, 11) is 0. The Kier molecular flexibility index (Phi) is 6.70. The van der Waals surface area contributed by atoms with Gasteiger partial charge in [-0.3, -0.25) is 4.79 Å². The molecule has 0 aliphatic heterocycles. The molecule has 0 aliphatic rings. The molecule has 0 radical (unpaired) electrons. The van der Waals surface area contributed by atoms with Crippen LogP contribution < -0.4 is 21.5 Å². The molecule has 1 aromatic carbocycles. The summed E-state index contributed by atoms with van der Waals surface area (Å²) in [6.07, 6.45) is 3.31. The van der Waals surface area contributed by atoms with E-state index in [2.05, 4.69) is 15.3 Å². The van der Waals surface area contributed by atoms with Gasteiger partial charge < -0.3 is 21.5 Å². The van der Waals surface area contributed by atoms with E-state index >= 15 is 4.39 Å². The summed E-state index contributed by atoms with van der Waals surface area (Å²) in [5.41, 5.74) is 11.0. The molecule has 2 rings (SSSR count). The number of benzene rings is 1. The number of aromatic nitrogens is 2. The Bertz CT molecular complexity index is 772. The van der Waals surface area contributed by atoms with Gasteiger partial charge in [-0.15, -0.1) is 0 Å². The van der Waals surface area contributed by atoms with E-state index in [1.54, 1.807) is 12.1 Å². The molecule has 5 N–H and O–H groups in total. The number of rotatable bonds is 8. The molecule has 2 atom stereocenters. The first-order chi connectivity index (χ1) is 12.3. The molecule has 1 heterocycles. The lowest BCUT2D eigenvalue weighted by molar-refractivity contribution is -0.118. The Morgan fingerprint density at radius 3 is 2.69 bits per heavy atom. The van der Waals surface area contributed by atoms with Gasteiger partial charge in [0.25, 0.3) is 0 Å². The molecule has 0 unspecified atom stereocenters. The Morgan fingerprint density at radius 2 is 2.12 bits per heavy atom. The number of nitrogen functional groups attached to an aromatic ring is 1. The first-order valence-electron chi connectivity index (χ1n) is 8.09. The molecule has 9 heteroatoms. The van der Waals surface area contributed by atoms with E-state index in [1.807, 2.05) is 13.8 Å². The average molecular weight is 382 g/mol.